The number of piperazine rings is 1. The molecule has 1 aliphatic heterocycles. The van der Waals surface area contributed by atoms with Gasteiger partial charge in [0, 0.05) is 30.0 Å². The van der Waals surface area contributed by atoms with Gasteiger partial charge in [-0.05, 0) is 23.1 Å². The van der Waals surface area contributed by atoms with Crippen molar-refractivity contribution in [3.8, 4) is 0 Å². The molecule has 1 aromatic carbocycles. The summed E-state index contributed by atoms with van der Waals surface area (Å²) in [5, 5.41) is 7.88. The lowest BCUT2D eigenvalue weighted by Gasteiger charge is -2.36. The van der Waals surface area contributed by atoms with Gasteiger partial charge in [0.15, 0.2) is 0 Å². The van der Waals surface area contributed by atoms with Crippen LogP contribution in [0.4, 0.5) is 0 Å². The van der Waals surface area contributed by atoms with E-state index in [1.807, 2.05) is 46.0 Å². The van der Waals surface area contributed by atoms with Gasteiger partial charge >= 0.3 is 0 Å². The van der Waals surface area contributed by atoms with Crippen molar-refractivity contribution in [2.45, 2.75) is 6.04 Å². The van der Waals surface area contributed by atoms with Gasteiger partial charge in [0.2, 0.25) is 0 Å². The average Bonchev–Trinajstić information content (AvgIpc) is 3.01. The van der Waals surface area contributed by atoms with Gasteiger partial charge in [-0.15, -0.1) is 0 Å². The zero-order valence-electron chi connectivity index (χ0n) is 10.9. The second kappa shape index (κ2) is 5.95. The molecule has 0 radical (unpaired) electrons. The maximum Gasteiger partial charge on any atom is 0.255 e. The van der Waals surface area contributed by atoms with E-state index in [-0.39, 0.29) is 11.9 Å². The predicted octanol–water partition coefficient (Wildman–Crippen LogP) is 3.19. The average molecular weight is 307 g/mol. The molecule has 1 N–H and O–H groups in total. The Balaban J connectivity index is 1.92. The van der Waals surface area contributed by atoms with E-state index in [0.29, 0.717) is 11.6 Å². The van der Waals surface area contributed by atoms with Crippen molar-refractivity contribution in [3.05, 3.63) is 57.2 Å². The quantitative estimate of drug-likeness (QED) is 0.924. The van der Waals surface area contributed by atoms with Gasteiger partial charge in [-0.1, -0.05) is 29.8 Å². The van der Waals surface area contributed by atoms with Crippen LogP contribution in [0.3, 0.4) is 0 Å². The summed E-state index contributed by atoms with van der Waals surface area (Å²) in [7, 11) is 0. The Morgan fingerprint density at radius 2 is 2.20 bits per heavy atom. The van der Waals surface area contributed by atoms with Crippen LogP contribution in [0.5, 0.6) is 0 Å². The summed E-state index contributed by atoms with van der Waals surface area (Å²) in [5.74, 6) is 0.0812. The lowest BCUT2D eigenvalue weighted by atomic mass is 10.0. The molecule has 1 unspecified atom stereocenters. The SMILES string of the molecule is O=C(c1ccsc1)N1CCNCC1c1ccccc1Cl. The molecule has 0 aliphatic carbocycles. The Bertz CT molecular complexity index is 600. The van der Waals surface area contributed by atoms with E-state index in [9.17, 15) is 4.79 Å². The lowest BCUT2D eigenvalue weighted by molar-refractivity contribution is 0.0635. The van der Waals surface area contributed by atoms with Crippen molar-refractivity contribution in [2.24, 2.45) is 0 Å². The summed E-state index contributed by atoms with van der Waals surface area (Å²) >= 11 is 7.83. The summed E-state index contributed by atoms with van der Waals surface area (Å²) in [4.78, 5) is 14.5. The van der Waals surface area contributed by atoms with Crippen molar-refractivity contribution in [3.63, 3.8) is 0 Å². The van der Waals surface area contributed by atoms with Crippen LogP contribution in [-0.4, -0.2) is 30.4 Å². The van der Waals surface area contributed by atoms with Gasteiger partial charge in [-0.2, -0.15) is 11.3 Å². The fourth-order valence-electron chi connectivity index (χ4n) is 2.52. The molecule has 1 atom stereocenters. The molecule has 0 bridgehead atoms. The van der Waals surface area contributed by atoms with Crippen LogP contribution < -0.4 is 5.32 Å². The highest BCUT2D eigenvalue weighted by atomic mass is 35.5. The minimum Gasteiger partial charge on any atom is -0.329 e. The van der Waals surface area contributed by atoms with Gasteiger partial charge < -0.3 is 10.2 Å². The van der Waals surface area contributed by atoms with Gasteiger partial charge in [0.25, 0.3) is 5.91 Å². The third-order valence-electron chi connectivity index (χ3n) is 3.54. The minimum absolute atomic E-state index is 0.00940. The number of carbonyl (C=O) groups is 1. The van der Waals surface area contributed by atoms with Crippen molar-refractivity contribution in [2.75, 3.05) is 19.6 Å². The molecule has 1 fully saturated rings. The second-order valence-corrected chi connectivity index (χ2v) is 5.94. The first kappa shape index (κ1) is 13.6. The third-order valence-corrected chi connectivity index (χ3v) is 4.56. The molecule has 3 nitrogen and oxygen atoms in total. The number of nitrogens with one attached hydrogen (secondary N) is 1. The third kappa shape index (κ3) is 2.59. The summed E-state index contributed by atoms with van der Waals surface area (Å²) in [6.45, 7) is 2.25. The first-order valence-electron chi connectivity index (χ1n) is 6.55. The standard InChI is InChI=1S/C15H15ClN2OS/c16-13-4-2-1-3-12(13)14-9-17-6-7-18(14)15(19)11-5-8-20-10-11/h1-5,8,10,14,17H,6-7,9H2. The molecule has 104 valence electrons. The topological polar surface area (TPSA) is 32.3 Å². The number of carbonyl (C=O) groups excluding carboxylic acids is 1. The smallest absolute Gasteiger partial charge is 0.255 e. The molecule has 0 saturated carbocycles. The number of hydrogen-bond acceptors (Lipinski definition) is 3. The van der Waals surface area contributed by atoms with Crippen molar-refractivity contribution < 1.29 is 4.79 Å². The molecule has 1 amide bonds. The Hall–Kier alpha value is -1.36. The molecule has 1 aliphatic rings. The van der Waals surface area contributed by atoms with Gasteiger partial charge in [0.1, 0.15) is 0 Å². The van der Waals surface area contributed by atoms with Crippen LogP contribution in [-0.2, 0) is 0 Å². The molecule has 2 heterocycles. The number of hydrogen-bond donors (Lipinski definition) is 1. The number of thiophene rings is 1. The van der Waals surface area contributed by atoms with E-state index in [0.717, 1.165) is 24.2 Å². The van der Waals surface area contributed by atoms with Crippen molar-refractivity contribution >= 4 is 28.8 Å². The maximum absolute atomic E-state index is 12.6. The maximum atomic E-state index is 12.6. The van der Waals surface area contributed by atoms with Gasteiger partial charge in [-0.25, -0.2) is 0 Å². The number of nitrogens with zero attached hydrogens (tertiary/aromatic N) is 1. The summed E-state index contributed by atoms with van der Waals surface area (Å²) < 4.78 is 0. The molecule has 20 heavy (non-hydrogen) atoms. The normalized spacial score (nSPS) is 19.1. The molecule has 2 aromatic rings. The van der Waals surface area contributed by atoms with E-state index < -0.39 is 0 Å². The largest absolute Gasteiger partial charge is 0.329 e. The Morgan fingerprint density at radius 3 is 2.95 bits per heavy atom. The monoisotopic (exact) mass is 306 g/mol. The second-order valence-electron chi connectivity index (χ2n) is 4.75. The molecule has 5 heteroatoms. The van der Waals surface area contributed by atoms with Gasteiger partial charge in [-0.3, -0.25) is 4.79 Å². The summed E-state index contributed by atoms with van der Waals surface area (Å²) in [6, 6.07) is 9.60. The molecular weight excluding hydrogens is 292 g/mol. The van der Waals surface area contributed by atoms with Crippen molar-refractivity contribution in [1.82, 2.24) is 10.2 Å². The number of halogens is 1. The number of amides is 1. The minimum atomic E-state index is -0.00940. The molecule has 1 aromatic heterocycles. The van der Waals surface area contributed by atoms with Crippen LogP contribution in [0.1, 0.15) is 22.0 Å². The van der Waals surface area contributed by atoms with Crippen molar-refractivity contribution in [1.29, 1.82) is 0 Å². The first-order chi connectivity index (χ1) is 9.77. The first-order valence-corrected chi connectivity index (χ1v) is 7.88. The zero-order chi connectivity index (χ0) is 13.9. The lowest BCUT2D eigenvalue weighted by Crippen LogP contribution is -2.48. The highest BCUT2D eigenvalue weighted by Crippen LogP contribution is 2.29. The van der Waals surface area contributed by atoms with E-state index >= 15 is 0 Å². The Labute approximate surface area is 127 Å². The van der Waals surface area contributed by atoms with E-state index in [4.69, 9.17) is 11.6 Å². The highest BCUT2D eigenvalue weighted by molar-refractivity contribution is 7.08. The van der Waals surface area contributed by atoms with Crippen LogP contribution >= 0.6 is 22.9 Å². The molecule has 3 rings (SSSR count). The number of rotatable bonds is 2. The van der Waals surface area contributed by atoms with Crippen LogP contribution in [0, 0.1) is 0 Å². The van der Waals surface area contributed by atoms with Crippen LogP contribution in [0.15, 0.2) is 41.1 Å². The fourth-order valence-corrected chi connectivity index (χ4v) is 3.41. The van der Waals surface area contributed by atoms with E-state index in [1.54, 1.807) is 11.3 Å². The Morgan fingerprint density at radius 1 is 1.35 bits per heavy atom. The van der Waals surface area contributed by atoms with Crippen LogP contribution in [0.25, 0.3) is 0 Å². The zero-order valence-corrected chi connectivity index (χ0v) is 12.5. The molecular formula is C15H15ClN2OS. The predicted molar refractivity (Wildman–Crippen MR) is 82.4 cm³/mol. The summed E-state index contributed by atoms with van der Waals surface area (Å²) in [5.41, 5.74) is 1.76. The highest BCUT2D eigenvalue weighted by Gasteiger charge is 2.29. The fraction of sp³-hybridized carbons (Fsp3) is 0.267. The van der Waals surface area contributed by atoms with Gasteiger partial charge in [0.05, 0.1) is 11.6 Å². The van der Waals surface area contributed by atoms with Crippen LogP contribution in [0.2, 0.25) is 5.02 Å². The van der Waals surface area contributed by atoms with E-state index in [2.05, 4.69) is 5.32 Å². The molecule has 1 saturated heterocycles. The number of benzene rings is 1. The molecule has 0 spiro atoms. The summed E-state index contributed by atoms with van der Waals surface area (Å²) in [6.07, 6.45) is 0. The Kier molecular flexibility index (Phi) is 4.05. The van der Waals surface area contributed by atoms with E-state index in [1.165, 1.54) is 0 Å².